The van der Waals surface area contributed by atoms with E-state index in [-0.39, 0.29) is 0 Å². The number of carbonyl (C=O) groups excluding carboxylic acids is 4. The number of ketones is 4. The molecule has 0 saturated heterocycles. The number of nitrogens with two attached hydrogens (primary N) is 2. The largest absolute Gasteiger partial charge is 0.393 e. The first-order chi connectivity index (χ1) is 15.9. The molecule has 0 aromatic rings. The van der Waals surface area contributed by atoms with Gasteiger partial charge in [0.2, 0.25) is 0 Å². The van der Waals surface area contributed by atoms with Crippen molar-refractivity contribution in [1.82, 2.24) is 0 Å². The van der Waals surface area contributed by atoms with E-state index in [1.165, 1.54) is 0 Å². The molecule has 0 amide bonds. The fraction of sp³-hybridized carbons (Fsp3) is 0.800. The van der Waals surface area contributed by atoms with Gasteiger partial charge in [0.05, 0.1) is 37.3 Å². The van der Waals surface area contributed by atoms with Gasteiger partial charge >= 0.3 is 0 Å². The highest BCUT2D eigenvalue weighted by Crippen LogP contribution is 2.56. The minimum Gasteiger partial charge on any atom is -0.393 e. The SMILES string of the molecule is NCC1CC(CN)C(C(=O)C(O)CO)(C(=O)C(O)CO)CC1(C(=O)C(O)CO)C(=O)C(O)CO. The molecule has 34 heavy (non-hydrogen) atoms. The van der Waals surface area contributed by atoms with Gasteiger partial charge in [0, 0.05) is 0 Å². The van der Waals surface area contributed by atoms with Gasteiger partial charge in [-0.2, -0.15) is 0 Å². The maximum Gasteiger partial charge on any atom is 0.177 e. The first kappa shape index (κ1) is 30.3. The summed E-state index contributed by atoms with van der Waals surface area (Å²) in [5.41, 5.74) is 6.27. The Balaban J connectivity index is 4.07. The fourth-order valence-electron chi connectivity index (χ4n) is 4.99. The Morgan fingerprint density at radius 1 is 0.618 bits per heavy atom. The second kappa shape index (κ2) is 12.3. The third-order valence-corrected chi connectivity index (χ3v) is 6.75. The van der Waals surface area contributed by atoms with Crippen LogP contribution in [0.1, 0.15) is 12.8 Å². The van der Waals surface area contributed by atoms with Crippen molar-refractivity contribution in [3.05, 3.63) is 0 Å². The second-order valence-corrected chi connectivity index (χ2v) is 8.47. The number of aliphatic hydroxyl groups is 8. The summed E-state index contributed by atoms with van der Waals surface area (Å²) in [5.74, 6) is -8.20. The van der Waals surface area contributed by atoms with Gasteiger partial charge in [-0.3, -0.25) is 19.2 Å². The van der Waals surface area contributed by atoms with E-state index in [4.69, 9.17) is 11.5 Å². The maximum absolute atomic E-state index is 13.3. The lowest BCUT2D eigenvalue weighted by Crippen LogP contribution is -2.68. The van der Waals surface area contributed by atoms with Crippen molar-refractivity contribution >= 4 is 23.1 Å². The van der Waals surface area contributed by atoms with Crippen LogP contribution in [0, 0.1) is 22.7 Å². The average molecular weight is 494 g/mol. The molecule has 0 heterocycles. The summed E-state index contributed by atoms with van der Waals surface area (Å²) < 4.78 is 0. The molecule has 0 aliphatic heterocycles. The molecule has 1 rings (SSSR count). The summed E-state index contributed by atoms with van der Waals surface area (Å²) in [6, 6.07) is 0. The topological polar surface area (TPSA) is 282 Å². The van der Waals surface area contributed by atoms with Gasteiger partial charge in [0.15, 0.2) is 23.1 Å². The zero-order valence-electron chi connectivity index (χ0n) is 18.5. The number of hydrogen-bond acceptors (Lipinski definition) is 14. The third-order valence-electron chi connectivity index (χ3n) is 6.75. The summed E-state index contributed by atoms with van der Waals surface area (Å²) in [7, 11) is 0. The minimum absolute atomic E-state index is 0.436. The lowest BCUT2D eigenvalue weighted by Gasteiger charge is -2.54. The molecule has 1 aliphatic carbocycles. The van der Waals surface area contributed by atoms with Crippen molar-refractivity contribution in [1.29, 1.82) is 0 Å². The van der Waals surface area contributed by atoms with E-state index in [2.05, 4.69) is 0 Å². The van der Waals surface area contributed by atoms with E-state index in [0.717, 1.165) is 0 Å². The number of hydrogen-bond donors (Lipinski definition) is 10. The van der Waals surface area contributed by atoms with E-state index < -0.39 is 123 Å². The van der Waals surface area contributed by atoms with Gasteiger partial charge < -0.3 is 52.3 Å². The molecule has 0 spiro atoms. The molecule has 1 fully saturated rings. The van der Waals surface area contributed by atoms with Crippen LogP contribution in [0.25, 0.3) is 0 Å². The second-order valence-electron chi connectivity index (χ2n) is 8.47. The molecule has 12 N–H and O–H groups in total. The normalized spacial score (nSPS) is 30.8. The Morgan fingerprint density at radius 3 is 1.03 bits per heavy atom. The van der Waals surface area contributed by atoms with Gasteiger partial charge in [0.25, 0.3) is 0 Å². The molecule has 0 aromatic heterocycles. The van der Waals surface area contributed by atoms with Gasteiger partial charge in [-0.05, 0) is 37.8 Å². The standard InChI is InChI=1S/C20H34N2O12/c21-2-9-1-10(3-22)20(17(33)13(29)6-25,18(34)14(30)7-26)8-19(9,15(31)11(27)4-23)16(32)12(28)5-24/h9-14,23-30H,1-8,21-22H2. The molecular weight excluding hydrogens is 460 g/mol. The number of carbonyl (C=O) groups is 4. The van der Waals surface area contributed by atoms with Crippen LogP contribution in [0.2, 0.25) is 0 Å². The first-order valence-electron chi connectivity index (χ1n) is 10.6. The molecule has 0 aromatic carbocycles. The number of rotatable bonds is 14. The number of Topliss-reactive ketones (excluding diaryl/α,β-unsaturated/α-hetero) is 4. The van der Waals surface area contributed by atoms with Crippen LogP contribution in [-0.2, 0) is 19.2 Å². The lowest BCUT2D eigenvalue weighted by molar-refractivity contribution is -0.177. The van der Waals surface area contributed by atoms with Crippen LogP contribution >= 0.6 is 0 Å². The van der Waals surface area contributed by atoms with Gasteiger partial charge in [-0.25, -0.2) is 0 Å². The van der Waals surface area contributed by atoms with E-state index in [1.54, 1.807) is 0 Å². The summed E-state index contributed by atoms with van der Waals surface area (Å²) in [6.45, 7) is -5.67. The maximum atomic E-state index is 13.3. The molecule has 6 atom stereocenters. The van der Waals surface area contributed by atoms with Crippen LogP contribution in [-0.4, -0.2) is 128 Å². The Bertz CT molecular complexity index is 656. The lowest BCUT2D eigenvalue weighted by atomic mass is 9.46. The van der Waals surface area contributed by atoms with Crippen molar-refractivity contribution in [2.45, 2.75) is 37.3 Å². The predicted molar refractivity (Wildman–Crippen MR) is 112 cm³/mol. The third kappa shape index (κ3) is 4.97. The van der Waals surface area contributed by atoms with E-state index in [1.807, 2.05) is 0 Å². The highest BCUT2D eigenvalue weighted by molar-refractivity contribution is 6.16. The molecule has 1 aliphatic rings. The number of aliphatic hydroxyl groups excluding tert-OH is 8. The fourth-order valence-corrected chi connectivity index (χ4v) is 4.99. The van der Waals surface area contributed by atoms with Crippen LogP contribution in [0.3, 0.4) is 0 Å². The van der Waals surface area contributed by atoms with Crippen molar-refractivity contribution < 1.29 is 60.0 Å². The summed E-state index contributed by atoms with van der Waals surface area (Å²) in [5, 5.41) is 78.0. The van der Waals surface area contributed by atoms with Crippen molar-refractivity contribution in [2.75, 3.05) is 39.5 Å². The summed E-state index contributed by atoms with van der Waals surface area (Å²) >= 11 is 0. The molecule has 196 valence electrons. The monoisotopic (exact) mass is 494 g/mol. The Labute approximate surface area is 194 Å². The van der Waals surface area contributed by atoms with Gasteiger partial charge in [-0.15, -0.1) is 0 Å². The average Bonchev–Trinajstić information content (AvgIpc) is 2.87. The molecule has 0 bridgehead atoms. The zero-order valence-corrected chi connectivity index (χ0v) is 18.5. The van der Waals surface area contributed by atoms with Crippen molar-refractivity contribution in [3.8, 4) is 0 Å². The minimum atomic E-state index is -2.65. The highest BCUT2D eigenvalue weighted by Gasteiger charge is 2.68. The van der Waals surface area contributed by atoms with Crippen LogP contribution in [0.5, 0.6) is 0 Å². The van der Waals surface area contributed by atoms with E-state index in [9.17, 15) is 60.0 Å². The first-order valence-corrected chi connectivity index (χ1v) is 10.6. The van der Waals surface area contributed by atoms with Gasteiger partial charge in [0.1, 0.15) is 24.4 Å². The molecule has 14 nitrogen and oxygen atoms in total. The molecule has 0 radical (unpaired) electrons. The van der Waals surface area contributed by atoms with Crippen LogP contribution in [0.4, 0.5) is 0 Å². The van der Waals surface area contributed by atoms with Crippen molar-refractivity contribution in [3.63, 3.8) is 0 Å². The van der Waals surface area contributed by atoms with Crippen LogP contribution in [0.15, 0.2) is 0 Å². The summed E-state index contributed by atoms with van der Waals surface area (Å²) in [4.78, 5) is 53.3. The Hall–Kier alpha value is -1.72. The smallest absolute Gasteiger partial charge is 0.177 e. The highest BCUT2D eigenvalue weighted by atomic mass is 16.3. The molecule has 1 saturated carbocycles. The van der Waals surface area contributed by atoms with Gasteiger partial charge in [-0.1, -0.05) is 0 Å². The van der Waals surface area contributed by atoms with Crippen LogP contribution < -0.4 is 11.5 Å². The quantitative estimate of drug-likeness (QED) is 0.101. The van der Waals surface area contributed by atoms with E-state index >= 15 is 0 Å². The van der Waals surface area contributed by atoms with E-state index in [0.29, 0.717) is 0 Å². The summed E-state index contributed by atoms with van der Waals surface area (Å²) in [6.07, 6.45) is -10.5. The predicted octanol–water partition coefficient (Wildman–Crippen LogP) is -6.41. The Morgan fingerprint density at radius 2 is 0.853 bits per heavy atom. The molecular formula is C20H34N2O12. The zero-order chi connectivity index (χ0) is 26.4. The molecule has 14 heteroatoms. The van der Waals surface area contributed by atoms with Crippen molar-refractivity contribution in [2.24, 2.45) is 34.1 Å². The molecule has 6 unspecified atom stereocenters. The Kier molecular flexibility index (Phi) is 11.0.